The number of nitrogens with one attached hydrogen (secondary N) is 2. The van der Waals surface area contributed by atoms with Crippen molar-refractivity contribution in [3.8, 4) is 11.8 Å². The predicted molar refractivity (Wildman–Crippen MR) is 132 cm³/mol. The van der Waals surface area contributed by atoms with E-state index in [4.69, 9.17) is 16.3 Å². The molecule has 6 nitrogen and oxygen atoms in total. The van der Waals surface area contributed by atoms with Crippen molar-refractivity contribution in [2.75, 3.05) is 29.2 Å². The van der Waals surface area contributed by atoms with Gasteiger partial charge in [-0.25, -0.2) is 14.4 Å². The summed E-state index contributed by atoms with van der Waals surface area (Å²) < 4.78 is 18.9. The van der Waals surface area contributed by atoms with Crippen LogP contribution in [0.15, 0.2) is 48.8 Å². The fraction of sp³-hybridized carbons (Fsp3) is 0.208. The van der Waals surface area contributed by atoms with E-state index in [0.717, 1.165) is 6.42 Å². The van der Waals surface area contributed by atoms with Crippen molar-refractivity contribution in [2.45, 2.75) is 6.42 Å². The molecule has 1 aliphatic heterocycles. The molecule has 0 saturated carbocycles. The maximum absolute atomic E-state index is 13.5. The number of rotatable bonds is 5. The number of benzene rings is 2. The van der Waals surface area contributed by atoms with E-state index in [-0.39, 0.29) is 16.8 Å². The van der Waals surface area contributed by atoms with Gasteiger partial charge in [0.2, 0.25) is 5.91 Å². The Morgan fingerprint density at radius 1 is 1.33 bits per heavy atom. The molecule has 0 aliphatic carbocycles. The van der Waals surface area contributed by atoms with Crippen LogP contribution in [-0.4, -0.2) is 34.4 Å². The van der Waals surface area contributed by atoms with Crippen LogP contribution in [0.5, 0.6) is 0 Å². The molecule has 4 rings (SSSR count). The zero-order chi connectivity index (χ0) is 23.2. The highest BCUT2D eigenvalue weighted by molar-refractivity contribution is 9.09. The Hall–Kier alpha value is -2.99. The number of allylic oxidation sites excluding steroid dienone is 1. The summed E-state index contributed by atoms with van der Waals surface area (Å²) >= 11 is 9.17. The second-order valence-corrected chi connectivity index (χ2v) is 8.32. The Kier molecular flexibility index (Phi) is 7.55. The van der Waals surface area contributed by atoms with Crippen LogP contribution in [0.1, 0.15) is 12.0 Å². The van der Waals surface area contributed by atoms with Gasteiger partial charge in [-0.1, -0.05) is 45.4 Å². The van der Waals surface area contributed by atoms with Crippen LogP contribution in [0.4, 0.5) is 21.6 Å². The third-order valence-corrected chi connectivity index (χ3v) is 5.58. The van der Waals surface area contributed by atoms with Gasteiger partial charge in [0.1, 0.15) is 18.0 Å². The quantitative estimate of drug-likeness (QED) is 0.261. The molecular weight excluding hydrogens is 511 g/mol. The number of hydrogen-bond donors (Lipinski definition) is 2. The average molecular weight is 530 g/mol. The van der Waals surface area contributed by atoms with Gasteiger partial charge in [0.15, 0.2) is 0 Å². The Morgan fingerprint density at radius 2 is 2.21 bits per heavy atom. The van der Waals surface area contributed by atoms with E-state index in [0.29, 0.717) is 52.2 Å². The molecule has 2 aromatic carbocycles. The lowest BCUT2D eigenvalue weighted by molar-refractivity contribution is -0.111. The number of amides is 1. The van der Waals surface area contributed by atoms with Gasteiger partial charge in [-0.05, 0) is 36.8 Å². The highest BCUT2D eigenvalue weighted by atomic mass is 79.9. The minimum absolute atomic E-state index is 0.00153. The first-order valence-corrected chi connectivity index (χ1v) is 11.7. The van der Waals surface area contributed by atoms with Crippen LogP contribution in [0, 0.1) is 23.6 Å². The molecule has 1 atom stereocenters. The Morgan fingerprint density at radius 3 is 2.97 bits per heavy atom. The maximum atomic E-state index is 13.5. The summed E-state index contributed by atoms with van der Waals surface area (Å²) in [5.41, 5.74) is 2.39. The molecule has 9 heteroatoms. The largest absolute Gasteiger partial charge is 0.380 e. The molecular formula is C24H19BrClFN4O2. The van der Waals surface area contributed by atoms with E-state index in [1.54, 1.807) is 18.2 Å². The van der Waals surface area contributed by atoms with E-state index in [1.165, 1.54) is 24.5 Å². The predicted octanol–water partition coefficient (Wildman–Crippen LogP) is 5.44. The Balaban J connectivity index is 1.75. The van der Waals surface area contributed by atoms with Crippen molar-refractivity contribution in [3.05, 3.63) is 65.2 Å². The Labute approximate surface area is 203 Å². The zero-order valence-corrected chi connectivity index (χ0v) is 19.7. The third kappa shape index (κ3) is 5.88. The number of alkyl halides is 1. The van der Waals surface area contributed by atoms with Gasteiger partial charge in [-0.2, -0.15) is 0 Å². The molecule has 0 spiro atoms. The summed E-state index contributed by atoms with van der Waals surface area (Å²) in [4.78, 5) is 21.1. The standard InChI is InChI=1S/C24H19BrClFN4O2/c25-8-1-2-23(32)31-21-12-18-22(10-16(21)4-3-15-7-9-33-13-15)28-14-29-24(18)30-17-5-6-20(27)19(26)11-17/h1-2,5-6,10-12,14-15H,7-9,13H2,(H,31,32)(H,28,29,30). The minimum Gasteiger partial charge on any atom is -0.380 e. The number of aromatic nitrogens is 2. The summed E-state index contributed by atoms with van der Waals surface area (Å²) in [6.07, 6.45) is 5.45. The maximum Gasteiger partial charge on any atom is 0.248 e. The van der Waals surface area contributed by atoms with Crippen molar-refractivity contribution in [1.29, 1.82) is 0 Å². The fourth-order valence-electron chi connectivity index (χ4n) is 3.27. The molecule has 2 N–H and O–H groups in total. The van der Waals surface area contributed by atoms with Crippen molar-refractivity contribution >= 4 is 61.5 Å². The molecule has 1 aliphatic rings. The molecule has 0 radical (unpaired) electrons. The second kappa shape index (κ2) is 10.8. The third-order valence-electron chi connectivity index (χ3n) is 4.91. The molecule has 0 bridgehead atoms. The topological polar surface area (TPSA) is 76.1 Å². The number of carbonyl (C=O) groups excluding carboxylic acids is 1. The number of halogens is 3. The second-order valence-electron chi connectivity index (χ2n) is 7.27. The zero-order valence-electron chi connectivity index (χ0n) is 17.4. The summed E-state index contributed by atoms with van der Waals surface area (Å²) in [5, 5.41) is 7.25. The monoisotopic (exact) mass is 528 g/mol. The molecule has 1 saturated heterocycles. The van der Waals surface area contributed by atoms with Gasteiger partial charge in [-0.15, -0.1) is 0 Å². The van der Waals surface area contributed by atoms with Crippen LogP contribution < -0.4 is 10.6 Å². The van der Waals surface area contributed by atoms with Crippen molar-refractivity contribution < 1.29 is 13.9 Å². The fourth-order valence-corrected chi connectivity index (χ4v) is 3.64. The van der Waals surface area contributed by atoms with E-state index >= 15 is 0 Å². The minimum atomic E-state index is -0.507. The number of carbonyl (C=O) groups is 1. The van der Waals surface area contributed by atoms with E-state index in [1.807, 2.05) is 6.07 Å². The normalized spacial score (nSPS) is 15.4. The van der Waals surface area contributed by atoms with E-state index in [9.17, 15) is 9.18 Å². The molecule has 1 fully saturated rings. The van der Waals surface area contributed by atoms with Crippen LogP contribution >= 0.6 is 27.5 Å². The Bertz CT molecular complexity index is 1280. The van der Waals surface area contributed by atoms with Gasteiger partial charge < -0.3 is 15.4 Å². The first-order chi connectivity index (χ1) is 16.0. The summed E-state index contributed by atoms with van der Waals surface area (Å²) in [7, 11) is 0. The van der Waals surface area contributed by atoms with Crippen LogP contribution in [0.25, 0.3) is 10.9 Å². The molecule has 1 amide bonds. The number of fused-ring (bicyclic) bond motifs is 1. The van der Waals surface area contributed by atoms with Crippen molar-refractivity contribution in [2.24, 2.45) is 5.92 Å². The highest BCUT2D eigenvalue weighted by Crippen LogP contribution is 2.30. The van der Waals surface area contributed by atoms with Crippen LogP contribution in [0.2, 0.25) is 5.02 Å². The van der Waals surface area contributed by atoms with Gasteiger partial charge in [0.05, 0.1) is 28.4 Å². The molecule has 2 heterocycles. The van der Waals surface area contributed by atoms with Crippen molar-refractivity contribution in [1.82, 2.24) is 9.97 Å². The summed E-state index contributed by atoms with van der Waals surface area (Å²) in [6.45, 7) is 1.31. The van der Waals surface area contributed by atoms with Crippen LogP contribution in [0.3, 0.4) is 0 Å². The average Bonchev–Trinajstić information content (AvgIpc) is 3.33. The lowest BCUT2D eigenvalue weighted by Gasteiger charge is -2.12. The van der Waals surface area contributed by atoms with E-state index < -0.39 is 5.82 Å². The number of nitrogens with zero attached hydrogens (tertiary/aromatic N) is 2. The lowest BCUT2D eigenvalue weighted by atomic mass is 10.1. The SMILES string of the molecule is O=C(C=CCBr)Nc1cc2c(Nc3ccc(F)c(Cl)c3)ncnc2cc1C#CC1CCOC1. The van der Waals surface area contributed by atoms with E-state index in [2.05, 4.69) is 48.4 Å². The molecule has 1 aromatic heterocycles. The molecule has 1 unspecified atom stereocenters. The van der Waals surface area contributed by atoms with Gasteiger partial charge >= 0.3 is 0 Å². The highest BCUT2D eigenvalue weighted by Gasteiger charge is 2.14. The van der Waals surface area contributed by atoms with Gasteiger partial charge in [0.25, 0.3) is 0 Å². The number of ether oxygens (including phenoxy) is 1. The van der Waals surface area contributed by atoms with Crippen LogP contribution in [-0.2, 0) is 9.53 Å². The van der Waals surface area contributed by atoms with Crippen molar-refractivity contribution in [3.63, 3.8) is 0 Å². The lowest BCUT2D eigenvalue weighted by Crippen LogP contribution is -2.10. The molecule has 168 valence electrons. The number of anilines is 3. The summed E-state index contributed by atoms with van der Waals surface area (Å²) in [6, 6.07) is 7.90. The smallest absolute Gasteiger partial charge is 0.248 e. The number of hydrogen-bond acceptors (Lipinski definition) is 5. The van der Waals surface area contributed by atoms with Gasteiger partial charge in [0, 0.05) is 35.0 Å². The van der Waals surface area contributed by atoms with Gasteiger partial charge in [-0.3, -0.25) is 4.79 Å². The molecule has 33 heavy (non-hydrogen) atoms. The first kappa shape index (κ1) is 23.2. The molecule has 3 aromatic rings. The first-order valence-electron chi connectivity index (χ1n) is 10.2. The summed E-state index contributed by atoms with van der Waals surface area (Å²) in [5.74, 6) is 6.25.